The van der Waals surface area contributed by atoms with Crippen molar-refractivity contribution in [1.82, 2.24) is 19.8 Å². The Morgan fingerprint density at radius 3 is 2.63 bits per heavy atom. The molecule has 3 heterocycles. The minimum absolute atomic E-state index is 0.0435. The monoisotopic (exact) mass is 515 g/mol. The smallest absolute Gasteiger partial charge is 0.272 e. The number of methoxy groups -OCH3 is 1. The van der Waals surface area contributed by atoms with Crippen molar-refractivity contribution in [3.05, 3.63) is 77.5 Å². The highest BCUT2D eigenvalue weighted by Gasteiger charge is 2.35. The second kappa shape index (κ2) is 12.5. The van der Waals surface area contributed by atoms with Crippen molar-refractivity contribution in [2.24, 2.45) is 0 Å². The van der Waals surface area contributed by atoms with Crippen LogP contribution in [0.15, 0.2) is 60.7 Å². The molecule has 1 fully saturated rings. The third-order valence-electron chi connectivity index (χ3n) is 7.52. The molecule has 200 valence electrons. The van der Waals surface area contributed by atoms with E-state index >= 15 is 0 Å². The van der Waals surface area contributed by atoms with E-state index < -0.39 is 6.10 Å². The number of ether oxygens (including phenoxy) is 1. The van der Waals surface area contributed by atoms with E-state index in [4.69, 9.17) is 4.74 Å². The molecule has 2 aromatic carbocycles. The standard InChI is InChI=1S/C30H37N5O3/c1-38-18-8-7-15-31-28-19-25(32-29(33-28)23-10-3-2-4-11-23)30(37)35-17-14-26(27(36)21-35)34-16-13-22-9-5-6-12-24(22)20-34/h2-6,9-12,19,26-27,36H,7-8,13-18,20-21H2,1H3,(H,31,32,33)/t26?,27-/m1/s1. The summed E-state index contributed by atoms with van der Waals surface area (Å²) in [6.45, 7) is 4.10. The van der Waals surface area contributed by atoms with Crippen LogP contribution in [-0.2, 0) is 17.7 Å². The van der Waals surface area contributed by atoms with Crippen LogP contribution in [0, 0.1) is 0 Å². The number of benzene rings is 2. The molecule has 0 radical (unpaired) electrons. The molecule has 5 rings (SSSR count). The highest BCUT2D eigenvalue weighted by Crippen LogP contribution is 2.26. The van der Waals surface area contributed by atoms with Gasteiger partial charge in [0.25, 0.3) is 5.91 Å². The first-order valence-corrected chi connectivity index (χ1v) is 13.6. The normalized spacial score (nSPS) is 19.7. The summed E-state index contributed by atoms with van der Waals surface area (Å²) in [5.41, 5.74) is 3.93. The van der Waals surface area contributed by atoms with Gasteiger partial charge in [-0.25, -0.2) is 9.97 Å². The Bertz CT molecular complexity index is 1220. The number of aromatic nitrogens is 2. The zero-order valence-electron chi connectivity index (χ0n) is 22.1. The van der Waals surface area contributed by atoms with E-state index in [9.17, 15) is 9.90 Å². The number of aliphatic hydroxyl groups is 1. The van der Waals surface area contributed by atoms with Crippen molar-refractivity contribution >= 4 is 11.7 Å². The molecular weight excluding hydrogens is 478 g/mol. The van der Waals surface area contributed by atoms with Crippen LogP contribution in [-0.4, -0.2) is 82.8 Å². The van der Waals surface area contributed by atoms with Crippen molar-refractivity contribution in [3.8, 4) is 11.4 Å². The van der Waals surface area contributed by atoms with Crippen LogP contribution >= 0.6 is 0 Å². The predicted octanol–water partition coefficient (Wildman–Crippen LogP) is 3.62. The number of nitrogens with zero attached hydrogens (tertiary/aromatic N) is 4. The number of β-amino-alcohol motifs (C(OH)–C–C–N with tert-alkyl or cyclic N) is 1. The van der Waals surface area contributed by atoms with Crippen LogP contribution in [0.4, 0.5) is 5.82 Å². The number of hydrogen-bond donors (Lipinski definition) is 2. The Morgan fingerprint density at radius 1 is 1.05 bits per heavy atom. The van der Waals surface area contributed by atoms with E-state index in [1.165, 1.54) is 11.1 Å². The molecule has 0 saturated carbocycles. The number of likely N-dealkylation sites (tertiary alicyclic amines) is 1. The average molecular weight is 516 g/mol. The molecule has 8 heteroatoms. The third kappa shape index (κ3) is 6.20. The number of rotatable bonds is 9. The van der Waals surface area contributed by atoms with Crippen LogP contribution in [0.1, 0.15) is 40.9 Å². The van der Waals surface area contributed by atoms with Crippen LogP contribution in [0.3, 0.4) is 0 Å². The van der Waals surface area contributed by atoms with Gasteiger partial charge in [0.15, 0.2) is 5.82 Å². The molecule has 2 N–H and O–H groups in total. The lowest BCUT2D eigenvalue weighted by Crippen LogP contribution is -2.56. The second-order valence-corrected chi connectivity index (χ2v) is 10.1. The molecule has 1 amide bonds. The van der Waals surface area contributed by atoms with Gasteiger partial charge in [0.1, 0.15) is 11.5 Å². The Labute approximate surface area is 224 Å². The van der Waals surface area contributed by atoms with E-state index in [0.29, 0.717) is 37.0 Å². The summed E-state index contributed by atoms with van der Waals surface area (Å²) >= 11 is 0. The van der Waals surface area contributed by atoms with Gasteiger partial charge >= 0.3 is 0 Å². The number of fused-ring (bicyclic) bond motifs is 1. The molecule has 0 aliphatic carbocycles. The largest absolute Gasteiger partial charge is 0.390 e. The molecule has 3 aromatic rings. The molecule has 8 nitrogen and oxygen atoms in total. The fraction of sp³-hybridized carbons (Fsp3) is 0.433. The fourth-order valence-electron chi connectivity index (χ4n) is 5.44. The van der Waals surface area contributed by atoms with Gasteiger partial charge in [-0.05, 0) is 36.8 Å². The van der Waals surface area contributed by atoms with E-state index in [-0.39, 0.29) is 11.9 Å². The maximum Gasteiger partial charge on any atom is 0.272 e. The van der Waals surface area contributed by atoms with E-state index in [1.807, 2.05) is 30.3 Å². The predicted molar refractivity (Wildman–Crippen MR) is 148 cm³/mol. The number of nitrogens with one attached hydrogen (secondary N) is 1. The van der Waals surface area contributed by atoms with E-state index in [0.717, 1.165) is 50.9 Å². The zero-order valence-corrected chi connectivity index (χ0v) is 22.1. The Balaban J connectivity index is 1.28. The minimum atomic E-state index is -0.605. The second-order valence-electron chi connectivity index (χ2n) is 10.1. The van der Waals surface area contributed by atoms with Gasteiger partial charge in [-0.2, -0.15) is 0 Å². The van der Waals surface area contributed by atoms with Gasteiger partial charge in [0.2, 0.25) is 0 Å². The lowest BCUT2D eigenvalue weighted by Gasteiger charge is -2.43. The Hall–Kier alpha value is -3.33. The molecule has 38 heavy (non-hydrogen) atoms. The SMILES string of the molecule is COCCCCNc1cc(C(=O)N2CCC(N3CCc4ccccc4C3)[C@H](O)C2)nc(-c2ccccc2)n1. The molecule has 0 bridgehead atoms. The van der Waals surface area contributed by atoms with E-state index in [2.05, 4.69) is 44.5 Å². The lowest BCUT2D eigenvalue weighted by molar-refractivity contribution is -0.0139. The Morgan fingerprint density at radius 2 is 1.84 bits per heavy atom. The van der Waals surface area contributed by atoms with Gasteiger partial charge < -0.3 is 20.1 Å². The van der Waals surface area contributed by atoms with Gasteiger partial charge in [-0.1, -0.05) is 54.6 Å². The van der Waals surface area contributed by atoms with Crippen molar-refractivity contribution in [2.75, 3.05) is 45.2 Å². The Kier molecular flexibility index (Phi) is 8.63. The summed E-state index contributed by atoms with van der Waals surface area (Å²) in [4.78, 5) is 27.0. The van der Waals surface area contributed by atoms with Gasteiger partial charge in [0.05, 0.1) is 6.10 Å². The highest BCUT2D eigenvalue weighted by molar-refractivity contribution is 5.93. The molecule has 0 spiro atoms. The maximum atomic E-state index is 13.6. The summed E-state index contributed by atoms with van der Waals surface area (Å²) in [5.74, 6) is 0.966. The van der Waals surface area contributed by atoms with Gasteiger partial charge in [-0.15, -0.1) is 0 Å². The van der Waals surface area contributed by atoms with Crippen molar-refractivity contribution < 1.29 is 14.6 Å². The molecular formula is C30H37N5O3. The van der Waals surface area contributed by atoms with Crippen LogP contribution < -0.4 is 5.32 Å². The maximum absolute atomic E-state index is 13.6. The summed E-state index contributed by atoms with van der Waals surface area (Å²) in [5, 5.41) is 14.5. The number of amides is 1. The number of aliphatic hydroxyl groups excluding tert-OH is 1. The topological polar surface area (TPSA) is 90.8 Å². The van der Waals surface area contributed by atoms with E-state index in [1.54, 1.807) is 18.1 Å². The average Bonchev–Trinajstić information content (AvgIpc) is 2.96. The van der Waals surface area contributed by atoms with Crippen LogP contribution in [0.25, 0.3) is 11.4 Å². The third-order valence-corrected chi connectivity index (χ3v) is 7.52. The first kappa shape index (κ1) is 26.3. The van der Waals surface area contributed by atoms with Gasteiger partial charge in [0, 0.05) is 64.1 Å². The van der Waals surface area contributed by atoms with Gasteiger partial charge in [-0.3, -0.25) is 9.69 Å². The summed E-state index contributed by atoms with van der Waals surface area (Å²) in [7, 11) is 1.70. The van der Waals surface area contributed by atoms with Crippen molar-refractivity contribution in [3.63, 3.8) is 0 Å². The van der Waals surface area contributed by atoms with Crippen molar-refractivity contribution in [2.45, 2.75) is 44.4 Å². The van der Waals surface area contributed by atoms with Crippen LogP contribution in [0.2, 0.25) is 0 Å². The minimum Gasteiger partial charge on any atom is -0.390 e. The molecule has 1 saturated heterocycles. The van der Waals surface area contributed by atoms with Crippen molar-refractivity contribution in [1.29, 1.82) is 0 Å². The van der Waals surface area contributed by atoms with Crippen LogP contribution in [0.5, 0.6) is 0 Å². The highest BCUT2D eigenvalue weighted by atomic mass is 16.5. The number of hydrogen-bond acceptors (Lipinski definition) is 7. The summed E-state index contributed by atoms with van der Waals surface area (Å²) < 4.78 is 5.13. The zero-order chi connectivity index (χ0) is 26.3. The summed E-state index contributed by atoms with van der Waals surface area (Å²) in [6, 6.07) is 20.0. The quantitative estimate of drug-likeness (QED) is 0.421. The first-order chi connectivity index (χ1) is 18.6. The number of piperidine rings is 1. The number of anilines is 1. The molecule has 1 aromatic heterocycles. The number of carbonyl (C=O) groups is 1. The first-order valence-electron chi connectivity index (χ1n) is 13.6. The molecule has 1 unspecified atom stereocenters. The molecule has 2 atom stereocenters. The molecule has 2 aliphatic heterocycles. The lowest BCUT2D eigenvalue weighted by atomic mass is 9.94. The fourth-order valence-corrected chi connectivity index (χ4v) is 5.44. The number of carbonyl (C=O) groups excluding carboxylic acids is 1. The molecule has 2 aliphatic rings. The number of unbranched alkanes of at least 4 members (excludes halogenated alkanes) is 1. The summed E-state index contributed by atoms with van der Waals surface area (Å²) in [6.07, 6.45) is 3.00.